The zero-order valence-electron chi connectivity index (χ0n) is 11.9. The van der Waals surface area contributed by atoms with Crippen LogP contribution in [0.5, 0.6) is 0 Å². The van der Waals surface area contributed by atoms with Crippen molar-refractivity contribution in [1.82, 2.24) is 0 Å². The SMILES string of the molecule is Cc1cccc(CC(CO)(CO)Cc2ccccc2)c1. The molecular weight excluding hydrogens is 248 g/mol. The standard InChI is InChI=1S/C18H22O2/c1-15-6-5-9-17(10-15)12-18(13-19,14-20)11-16-7-3-2-4-8-16/h2-10,19-20H,11-14H2,1H3. The topological polar surface area (TPSA) is 40.5 Å². The summed E-state index contributed by atoms with van der Waals surface area (Å²) in [5.74, 6) is 0. The second kappa shape index (κ2) is 6.69. The number of aliphatic hydroxyl groups is 2. The highest BCUT2D eigenvalue weighted by atomic mass is 16.3. The third-order valence-electron chi connectivity index (χ3n) is 3.75. The Balaban J connectivity index is 2.21. The van der Waals surface area contributed by atoms with Gasteiger partial charge in [-0.3, -0.25) is 0 Å². The molecular formula is C18H22O2. The molecule has 0 aromatic heterocycles. The minimum Gasteiger partial charge on any atom is -0.396 e. The van der Waals surface area contributed by atoms with E-state index in [1.54, 1.807) is 0 Å². The molecule has 0 amide bonds. The highest BCUT2D eigenvalue weighted by molar-refractivity contribution is 5.25. The lowest BCUT2D eigenvalue weighted by atomic mass is 9.77. The van der Waals surface area contributed by atoms with Crippen LogP contribution in [0.15, 0.2) is 54.6 Å². The predicted octanol–water partition coefficient (Wildman–Crippen LogP) is 2.75. The van der Waals surface area contributed by atoms with Crippen molar-refractivity contribution >= 4 is 0 Å². The van der Waals surface area contributed by atoms with E-state index in [9.17, 15) is 10.2 Å². The maximum atomic E-state index is 9.81. The summed E-state index contributed by atoms with van der Waals surface area (Å²) in [6.45, 7) is 2.01. The molecule has 2 aromatic carbocycles. The van der Waals surface area contributed by atoms with E-state index in [0.29, 0.717) is 12.8 Å². The van der Waals surface area contributed by atoms with Gasteiger partial charge in [0.1, 0.15) is 0 Å². The van der Waals surface area contributed by atoms with Crippen molar-refractivity contribution in [2.75, 3.05) is 13.2 Å². The minimum atomic E-state index is -0.505. The van der Waals surface area contributed by atoms with Crippen LogP contribution in [0, 0.1) is 12.3 Å². The van der Waals surface area contributed by atoms with Gasteiger partial charge >= 0.3 is 0 Å². The summed E-state index contributed by atoms with van der Waals surface area (Å²) in [6.07, 6.45) is 1.35. The lowest BCUT2D eigenvalue weighted by molar-refractivity contribution is 0.0548. The molecule has 0 radical (unpaired) electrons. The first kappa shape index (κ1) is 14.8. The lowest BCUT2D eigenvalue weighted by Gasteiger charge is -2.30. The number of hydrogen-bond donors (Lipinski definition) is 2. The summed E-state index contributed by atoms with van der Waals surface area (Å²) < 4.78 is 0. The Kier molecular flexibility index (Phi) is 4.94. The van der Waals surface area contributed by atoms with Gasteiger partial charge in [0, 0.05) is 5.41 Å². The normalized spacial score (nSPS) is 11.6. The van der Waals surface area contributed by atoms with Gasteiger partial charge in [-0.25, -0.2) is 0 Å². The van der Waals surface area contributed by atoms with E-state index in [2.05, 4.69) is 25.1 Å². The van der Waals surface area contributed by atoms with Crippen molar-refractivity contribution in [3.63, 3.8) is 0 Å². The molecule has 2 aromatic rings. The summed E-state index contributed by atoms with van der Waals surface area (Å²) in [4.78, 5) is 0. The zero-order valence-corrected chi connectivity index (χ0v) is 11.9. The number of aliphatic hydroxyl groups excluding tert-OH is 2. The van der Waals surface area contributed by atoms with Gasteiger partial charge in [-0.1, -0.05) is 60.2 Å². The quantitative estimate of drug-likeness (QED) is 0.847. The first-order valence-electron chi connectivity index (χ1n) is 6.99. The van der Waals surface area contributed by atoms with E-state index >= 15 is 0 Å². The molecule has 0 heterocycles. The molecule has 2 nitrogen and oxygen atoms in total. The summed E-state index contributed by atoms with van der Waals surface area (Å²) in [7, 11) is 0. The summed E-state index contributed by atoms with van der Waals surface area (Å²) in [6, 6.07) is 18.3. The fraction of sp³-hybridized carbons (Fsp3) is 0.333. The summed E-state index contributed by atoms with van der Waals surface area (Å²) >= 11 is 0. The number of benzene rings is 2. The van der Waals surface area contributed by atoms with Gasteiger partial charge in [0.05, 0.1) is 13.2 Å². The molecule has 0 spiro atoms. The molecule has 20 heavy (non-hydrogen) atoms. The molecule has 0 saturated heterocycles. The van der Waals surface area contributed by atoms with Crippen molar-refractivity contribution in [2.45, 2.75) is 19.8 Å². The van der Waals surface area contributed by atoms with E-state index in [1.165, 1.54) is 5.56 Å². The monoisotopic (exact) mass is 270 g/mol. The number of hydrogen-bond acceptors (Lipinski definition) is 2. The van der Waals surface area contributed by atoms with Crippen molar-refractivity contribution < 1.29 is 10.2 Å². The van der Waals surface area contributed by atoms with Crippen LogP contribution in [0.25, 0.3) is 0 Å². The fourth-order valence-corrected chi connectivity index (χ4v) is 2.62. The minimum absolute atomic E-state index is 0.0215. The maximum Gasteiger partial charge on any atom is 0.0515 e. The largest absolute Gasteiger partial charge is 0.396 e. The number of aryl methyl sites for hydroxylation is 1. The van der Waals surface area contributed by atoms with Crippen LogP contribution in [0.3, 0.4) is 0 Å². The van der Waals surface area contributed by atoms with E-state index < -0.39 is 5.41 Å². The molecule has 2 rings (SSSR count). The molecule has 0 atom stereocenters. The molecule has 2 N–H and O–H groups in total. The lowest BCUT2D eigenvalue weighted by Crippen LogP contribution is -2.34. The first-order chi connectivity index (χ1) is 9.67. The average Bonchev–Trinajstić information content (AvgIpc) is 2.47. The summed E-state index contributed by atoms with van der Waals surface area (Å²) in [5, 5.41) is 19.6. The van der Waals surface area contributed by atoms with Crippen LogP contribution in [-0.2, 0) is 12.8 Å². The highest BCUT2D eigenvalue weighted by Gasteiger charge is 2.29. The second-order valence-corrected chi connectivity index (χ2v) is 5.64. The smallest absolute Gasteiger partial charge is 0.0515 e. The summed E-state index contributed by atoms with van der Waals surface area (Å²) in [5.41, 5.74) is 2.99. The maximum absolute atomic E-state index is 9.81. The van der Waals surface area contributed by atoms with E-state index in [4.69, 9.17) is 0 Å². The van der Waals surface area contributed by atoms with Gasteiger partial charge in [-0.2, -0.15) is 0 Å². The van der Waals surface area contributed by atoms with Crippen molar-refractivity contribution in [2.24, 2.45) is 5.41 Å². The molecule has 106 valence electrons. The Labute approximate surface area is 120 Å². The van der Waals surface area contributed by atoms with Crippen molar-refractivity contribution in [3.05, 3.63) is 71.3 Å². The van der Waals surface area contributed by atoms with Crippen LogP contribution < -0.4 is 0 Å². The molecule has 0 aliphatic heterocycles. The van der Waals surface area contributed by atoms with Crippen LogP contribution >= 0.6 is 0 Å². The van der Waals surface area contributed by atoms with Gasteiger partial charge in [0.15, 0.2) is 0 Å². The average molecular weight is 270 g/mol. The van der Waals surface area contributed by atoms with Crippen LogP contribution in [0.2, 0.25) is 0 Å². The predicted molar refractivity (Wildman–Crippen MR) is 81.6 cm³/mol. The van der Waals surface area contributed by atoms with Gasteiger partial charge in [0.25, 0.3) is 0 Å². The molecule has 2 heteroatoms. The van der Waals surface area contributed by atoms with Gasteiger partial charge in [-0.15, -0.1) is 0 Å². The highest BCUT2D eigenvalue weighted by Crippen LogP contribution is 2.27. The Morgan fingerprint density at radius 1 is 0.800 bits per heavy atom. The van der Waals surface area contributed by atoms with Crippen molar-refractivity contribution in [1.29, 1.82) is 0 Å². The van der Waals surface area contributed by atoms with Gasteiger partial charge in [0.2, 0.25) is 0 Å². The van der Waals surface area contributed by atoms with E-state index in [0.717, 1.165) is 11.1 Å². The third kappa shape index (κ3) is 3.69. The fourth-order valence-electron chi connectivity index (χ4n) is 2.62. The first-order valence-corrected chi connectivity index (χ1v) is 6.99. The van der Waals surface area contributed by atoms with Crippen LogP contribution in [0.4, 0.5) is 0 Å². The Morgan fingerprint density at radius 3 is 2.00 bits per heavy atom. The van der Waals surface area contributed by atoms with Gasteiger partial charge in [-0.05, 0) is 30.9 Å². The Morgan fingerprint density at radius 2 is 1.40 bits per heavy atom. The second-order valence-electron chi connectivity index (χ2n) is 5.64. The molecule has 0 saturated carbocycles. The van der Waals surface area contributed by atoms with E-state index in [1.807, 2.05) is 36.4 Å². The zero-order chi connectivity index (χ0) is 14.4. The Bertz CT molecular complexity index is 530. The number of rotatable bonds is 6. The molecule has 0 unspecified atom stereocenters. The van der Waals surface area contributed by atoms with Gasteiger partial charge < -0.3 is 10.2 Å². The van der Waals surface area contributed by atoms with Crippen LogP contribution in [-0.4, -0.2) is 23.4 Å². The van der Waals surface area contributed by atoms with E-state index in [-0.39, 0.29) is 13.2 Å². The van der Waals surface area contributed by atoms with Crippen molar-refractivity contribution in [3.8, 4) is 0 Å². The van der Waals surface area contributed by atoms with Crippen LogP contribution in [0.1, 0.15) is 16.7 Å². The third-order valence-corrected chi connectivity index (χ3v) is 3.75. The Hall–Kier alpha value is -1.64. The molecule has 0 bridgehead atoms. The molecule has 0 fully saturated rings. The molecule has 0 aliphatic rings. The molecule has 0 aliphatic carbocycles.